The summed E-state index contributed by atoms with van der Waals surface area (Å²) < 4.78 is 25.1. The molecular weight excluding hydrogens is 332 g/mol. The molecule has 1 heterocycles. The fraction of sp³-hybridized carbons (Fsp3) is 0.562. The van der Waals surface area contributed by atoms with Gasteiger partial charge in [0.25, 0.3) is 0 Å². The minimum Gasteiger partial charge on any atom is -0.341 e. The highest BCUT2D eigenvalue weighted by Gasteiger charge is 2.36. The summed E-state index contributed by atoms with van der Waals surface area (Å²) in [5, 5.41) is 0.0480. The van der Waals surface area contributed by atoms with Gasteiger partial charge in [-0.15, -0.1) is 0 Å². The van der Waals surface area contributed by atoms with Crippen molar-refractivity contribution in [2.45, 2.75) is 37.1 Å². The SMILES string of the molecule is CN(Cc1ccccc1)C(=O)CCC1CC(S)CN1S(C)(=O)=O. The smallest absolute Gasteiger partial charge is 0.222 e. The van der Waals surface area contributed by atoms with Gasteiger partial charge in [-0.25, -0.2) is 8.42 Å². The van der Waals surface area contributed by atoms with E-state index in [1.165, 1.54) is 10.6 Å². The van der Waals surface area contributed by atoms with Crippen LogP contribution < -0.4 is 0 Å². The molecule has 1 aliphatic heterocycles. The van der Waals surface area contributed by atoms with Crippen LogP contribution in [0.2, 0.25) is 0 Å². The number of amides is 1. The molecule has 2 atom stereocenters. The Morgan fingerprint density at radius 2 is 2.00 bits per heavy atom. The molecule has 0 aliphatic carbocycles. The monoisotopic (exact) mass is 356 g/mol. The molecule has 0 saturated carbocycles. The number of benzene rings is 1. The number of carbonyl (C=O) groups is 1. The number of nitrogens with zero attached hydrogens (tertiary/aromatic N) is 2. The Balaban J connectivity index is 1.88. The van der Waals surface area contributed by atoms with Crippen molar-refractivity contribution in [2.75, 3.05) is 19.8 Å². The fourth-order valence-corrected chi connectivity index (χ4v) is 4.67. The van der Waals surface area contributed by atoms with Gasteiger partial charge in [-0.2, -0.15) is 16.9 Å². The Morgan fingerprint density at radius 3 is 2.61 bits per heavy atom. The highest BCUT2D eigenvalue weighted by atomic mass is 32.2. The van der Waals surface area contributed by atoms with Gasteiger partial charge in [0, 0.05) is 37.8 Å². The van der Waals surface area contributed by atoms with Gasteiger partial charge in [0.15, 0.2) is 0 Å². The highest BCUT2D eigenvalue weighted by Crippen LogP contribution is 2.27. The maximum absolute atomic E-state index is 12.3. The van der Waals surface area contributed by atoms with Gasteiger partial charge in [-0.05, 0) is 18.4 Å². The molecule has 0 radical (unpaired) electrons. The Bertz CT molecular complexity index is 634. The van der Waals surface area contributed by atoms with Crippen molar-refractivity contribution in [3.8, 4) is 0 Å². The lowest BCUT2D eigenvalue weighted by Gasteiger charge is -2.23. The van der Waals surface area contributed by atoms with Gasteiger partial charge in [0.2, 0.25) is 15.9 Å². The van der Waals surface area contributed by atoms with E-state index in [1.54, 1.807) is 11.9 Å². The van der Waals surface area contributed by atoms with Crippen LogP contribution >= 0.6 is 12.6 Å². The highest BCUT2D eigenvalue weighted by molar-refractivity contribution is 7.88. The van der Waals surface area contributed by atoms with Crippen molar-refractivity contribution < 1.29 is 13.2 Å². The lowest BCUT2D eigenvalue weighted by atomic mass is 10.1. The van der Waals surface area contributed by atoms with E-state index in [9.17, 15) is 13.2 Å². The predicted octanol–water partition coefficient (Wildman–Crippen LogP) is 1.76. The lowest BCUT2D eigenvalue weighted by Crippen LogP contribution is -2.36. The third-order valence-electron chi connectivity index (χ3n) is 4.15. The second-order valence-corrected chi connectivity index (χ2v) is 8.82. The molecule has 128 valence electrons. The quantitative estimate of drug-likeness (QED) is 0.790. The number of thiol groups is 1. The van der Waals surface area contributed by atoms with Crippen molar-refractivity contribution in [3.05, 3.63) is 35.9 Å². The second-order valence-electron chi connectivity index (χ2n) is 6.15. The molecule has 1 amide bonds. The van der Waals surface area contributed by atoms with Gasteiger partial charge >= 0.3 is 0 Å². The summed E-state index contributed by atoms with van der Waals surface area (Å²) in [5.41, 5.74) is 1.08. The normalized spacial score (nSPS) is 22.2. The van der Waals surface area contributed by atoms with Crippen LogP contribution in [0.5, 0.6) is 0 Å². The lowest BCUT2D eigenvalue weighted by molar-refractivity contribution is -0.130. The zero-order valence-electron chi connectivity index (χ0n) is 13.6. The van der Waals surface area contributed by atoms with Crippen molar-refractivity contribution in [1.82, 2.24) is 9.21 Å². The third-order valence-corrected chi connectivity index (χ3v) is 5.82. The van der Waals surface area contributed by atoms with Crippen LogP contribution in [0.15, 0.2) is 30.3 Å². The van der Waals surface area contributed by atoms with Gasteiger partial charge in [0.05, 0.1) is 6.26 Å². The Morgan fingerprint density at radius 1 is 1.35 bits per heavy atom. The summed E-state index contributed by atoms with van der Waals surface area (Å²) in [5.74, 6) is 0.0323. The van der Waals surface area contributed by atoms with E-state index in [0.717, 1.165) is 5.56 Å². The summed E-state index contributed by atoms with van der Waals surface area (Å²) in [6, 6.07) is 9.68. The van der Waals surface area contributed by atoms with E-state index >= 15 is 0 Å². The first kappa shape index (κ1) is 18.3. The average Bonchev–Trinajstić information content (AvgIpc) is 2.87. The van der Waals surface area contributed by atoms with Crippen LogP contribution in [0, 0.1) is 0 Å². The summed E-state index contributed by atoms with van der Waals surface area (Å²) >= 11 is 4.39. The molecule has 1 aromatic carbocycles. The van der Waals surface area contributed by atoms with E-state index in [1.807, 2.05) is 30.3 Å². The molecule has 1 aliphatic rings. The molecule has 23 heavy (non-hydrogen) atoms. The molecule has 0 N–H and O–H groups in total. The third kappa shape index (κ3) is 5.22. The maximum Gasteiger partial charge on any atom is 0.222 e. The Kier molecular flexibility index (Phi) is 6.11. The molecule has 1 saturated heterocycles. The van der Waals surface area contributed by atoms with Gasteiger partial charge < -0.3 is 4.90 Å². The van der Waals surface area contributed by atoms with E-state index in [4.69, 9.17) is 0 Å². The summed E-state index contributed by atoms with van der Waals surface area (Å²) in [6.45, 7) is 0.996. The summed E-state index contributed by atoms with van der Waals surface area (Å²) in [7, 11) is -1.46. The van der Waals surface area contributed by atoms with Crippen LogP contribution in [0.3, 0.4) is 0 Å². The molecule has 1 aromatic rings. The fourth-order valence-electron chi connectivity index (χ4n) is 2.96. The molecule has 7 heteroatoms. The molecule has 2 unspecified atom stereocenters. The zero-order valence-corrected chi connectivity index (χ0v) is 15.3. The van der Waals surface area contributed by atoms with Crippen LogP contribution in [0.25, 0.3) is 0 Å². The number of hydrogen-bond donors (Lipinski definition) is 1. The predicted molar refractivity (Wildman–Crippen MR) is 94.9 cm³/mol. The zero-order chi connectivity index (χ0) is 17.0. The Hall–Kier alpha value is -1.05. The van der Waals surface area contributed by atoms with Crippen molar-refractivity contribution in [2.24, 2.45) is 0 Å². The number of rotatable bonds is 6. The first-order valence-electron chi connectivity index (χ1n) is 7.70. The molecule has 1 fully saturated rings. The standard InChI is InChI=1S/C16H24N2O3S2/c1-17(11-13-6-4-3-5-7-13)16(19)9-8-14-10-15(22)12-18(14)23(2,20)21/h3-7,14-15,22H,8-12H2,1-2H3. The van der Waals surface area contributed by atoms with Crippen molar-refractivity contribution >= 4 is 28.6 Å². The minimum absolute atomic E-state index is 0.0323. The average molecular weight is 357 g/mol. The van der Waals surface area contributed by atoms with Crippen LogP contribution in [0.1, 0.15) is 24.8 Å². The van der Waals surface area contributed by atoms with Crippen LogP contribution in [-0.4, -0.2) is 54.7 Å². The number of carbonyl (C=O) groups excluding carboxylic acids is 1. The van der Waals surface area contributed by atoms with E-state index in [0.29, 0.717) is 32.4 Å². The first-order chi connectivity index (χ1) is 10.8. The van der Waals surface area contributed by atoms with Crippen molar-refractivity contribution in [1.29, 1.82) is 0 Å². The largest absolute Gasteiger partial charge is 0.341 e. The minimum atomic E-state index is -3.24. The van der Waals surface area contributed by atoms with Gasteiger partial charge in [-0.3, -0.25) is 4.79 Å². The van der Waals surface area contributed by atoms with Crippen LogP contribution in [-0.2, 0) is 21.4 Å². The number of hydrogen-bond acceptors (Lipinski definition) is 4. The second kappa shape index (κ2) is 7.68. The van der Waals surface area contributed by atoms with Gasteiger partial charge in [0.1, 0.15) is 0 Å². The van der Waals surface area contributed by atoms with E-state index < -0.39 is 10.0 Å². The molecular formula is C16H24N2O3S2. The van der Waals surface area contributed by atoms with E-state index in [2.05, 4.69) is 12.6 Å². The summed E-state index contributed by atoms with van der Waals surface area (Å²) in [4.78, 5) is 14.0. The van der Waals surface area contributed by atoms with Gasteiger partial charge in [-0.1, -0.05) is 30.3 Å². The molecule has 0 aromatic heterocycles. The molecule has 0 bridgehead atoms. The molecule has 5 nitrogen and oxygen atoms in total. The van der Waals surface area contributed by atoms with Crippen molar-refractivity contribution in [3.63, 3.8) is 0 Å². The van der Waals surface area contributed by atoms with E-state index in [-0.39, 0.29) is 17.2 Å². The Labute approximate surface area is 144 Å². The topological polar surface area (TPSA) is 57.7 Å². The maximum atomic E-state index is 12.3. The molecule has 2 rings (SSSR count). The summed E-state index contributed by atoms with van der Waals surface area (Å²) in [6.07, 6.45) is 2.81. The number of sulfonamides is 1. The van der Waals surface area contributed by atoms with Crippen LogP contribution in [0.4, 0.5) is 0 Å². The molecule has 0 spiro atoms. The first-order valence-corrected chi connectivity index (χ1v) is 10.1.